The van der Waals surface area contributed by atoms with E-state index in [1.807, 2.05) is 17.8 Å². The second-order valence-electron chi connectivity index (χ2n) is 4.95. The molecule has 0 fully saturated rings. The number of aryl methyl sites for hydroxylation is 1. The summed E-state index contributed by atoms with van der Waals surface area (Å²) in [6.07, 6.45) is 6.01. The van der Waals surface area contributed by atoms with Gasteiger partial charge in [-0.3, -0.25) is 0 Å². The van der Waals surface area contributed by atoms with Gasteiger partial charge >= 0.3 is 0 Å². The quantitative estimate of drug-likeness (QED) is 0.758. The highest BCUT2D eigenvalue weighted by Crippen LogP contribution is 2.19. The molecule has 0 atom stereocenters. The fraction of sp³-hybridized carbons (Fsp3) is 0.188. The molecule has 7 heteroatoms. The Morgan fingerprint density at radius 1 is 1.22 bits per heavy atom. The number of ether oxygens (including phenoxy) is 1. The Morgan fingerprint density at radius 3 is 2.78 bits per heavy atom. The van der Waals surface area contributed by atoms with E-state index in [9.17, 15) is 4.39 Å². The molecule has 0 radical (unpaired) electrons. The van der Waals surface area contributed by atoms with Crippen LogP contribution in [0.5, 0.6) is 11.6 Å². The van der Waals surface area contributed by atoms with Gasteiger partial charge < -0.3 is 14.6 Å². The van der Waals surface area contributed by atoms with E-state index in [4.69, 9.17) is 4.74 Å². The standard InChI is InChI=1S/C16H16FN5O/c1-22-11-18-10-13(22)6-8-19-16-20-9-7-15(21-16)23-14-4-2-12(17)3-5-14/h2-5,7,9-11H,6,8H2,1H3,(H,19,20,21). The second-order valence-corrected chi connectivity index (χ2v) is 4.95. The van der Waals surface area contributed by atoms with Gasteiger partial charge in [-0.25, -0.2) is 14.4 Å². The number of nitrogens with one attached hydrogen (secondary N) is 1. The molecule has 0 aliphatic rings. The first-order chi connectivity index (χ1) is 11.2. The zero-order valence-corrected chi connectivity index (χ0v) is 12.6. The van der Waals surface area contributed by atoms with Gasteiger partial charge in [-0.2, -0.15) is 4.98 Å². The summed E-state index contributed by atoms with van der Waals surface area (Å²) in [7, 11) is 1.95. The van der Waals surface area contributed by atoms with Crippen LogP contribution in [0.15, 0.2) is 49.1 Å². The first-order valence-electron chi connectivity index (χ1n) is 7.16. The Hall–Kier alpha value is -2.96. The van der Waals surface area contributed by atoms with Crippen molar-refractivity contribution in [2.75, 3.05) is 11.9 Å². The average Bonchev–Trinajstić information content (AvgIpc) is 2.95. The first kappa shape index (κ1) is 15.0. The second kappa shape index (κ2) is 6.87. The Morgan fingerprint density at radius 2 is 2.04 bits per heavy atom. The van der Waals surface area contributed by atoms with Crippen LogP contribution >= 0.6 is 0 Å². The molecule has 0 unspecified atom stereocenters. The topological polar surface area (TPSA) is 64.9 Å². The van der Waals surface area contributed by atoms with Gasteiger partial charge in [0.05, 0.1) is 6.33 Å². The van der Waals surface area contributed by atoms with Crippen molar-refractivity contribution in [2.45, 2.75) is 6.42 Å². The minimum Gasteiger partial charge on any atom is -0.439 e. The van der Waals surface area contributed by atoms with Crippen molar-refractivity contribution in [3.63, 3.8) is 0 Å². The van der Waals surface area contributed by atoms with Gasteiger partial charge in [0.1, 0.15) is 11.6 Å². The van der Waals surface area contributed by atoms with Gasteiger partial charge in [-0.1, -0.05) is 0 Å². The lowest BCUT2D eigenvalue weighted by molar-refractivity contribution is 0.460. The van der Waals surface area contributed by atoms with Crippen LogP contribution in [0.3, 0.4) is 0 Å². The summed E-state index contributed by atoms with van der Waals surface area (Å²) >= 11 is 0. The van der Waals surface area contributed by atoms with Gasteiger partial charge in [0.2, 0.25) is 11.8 Å². The van der Waals surface area contributed by atoms with E-state index in [-0.39, 0.29) is 5.82 Å². The highest BCUT2D eigenvalue weighted by atomic mass is 19.1. The molecule has 0 spiro atoms. The van der Waals surface area contributed by atoms with Gasteiger partial charge in [0, 0.05) is 44.2 Å². The minimum atomic E-state index is -0.308. The number of aromatic nitrogens is 4. The highest BCUT2D eigenvalue weighted by Gasteiger charge is 2.03. The van der Waals surface area contributed by atoms with Crippen LogP contribution in [0.4, 0.5) is 10.3 Å². The molecule has 2 heterocycles. The number of anilines is 1. The molecule has 118 valence electrons. The fourth-order valence-electron chi connectivity index (χ4n) is 2.04. The third-order valence-corrected chi connectivity index (χ3v) is 3.25. The summed E-state index contributed by atoms with van der Waals surface area (Å²) in [6, 6.07) is 7.42. The molecule has 0 aliphatic carbocycles. The molecule has 1 aromatic carbocycles. The van der Waals surface area contributed by atoms with Crippen LogP contribution in [-0.2, 0) is 13.5 Å². The third-order valence-electron chi connectivity index (χ3n) is 3.25. The van der Waals surface area contributed by atoms with Crippen LogP contribution < -0.4 is 10.1 Å². The molecule has 0 saturated heterocycles. The van der Waals surface area contributed by atoms with Crippen LogP contribution in [0, 0.1) is 5.82 Å². The van der Waals surface area contributed by atoms with Gasteiger partial charge in [-0.05, 0) is 24.3 Å². The van der Waals surface area contributed by atoms with E-state index in [0.29, 0.717) is 24.1 Å². The number of imidazole rings is 1. The predicted molar refractivity (Wildman–Crippen MR) is 83.9 cm³/mol. The van der Waals surface area contributed by atoms with Crippen molar-refractivity contribution in [2.24, 2.45) is 7.05 Å². The number of hydrogen-bond donors (Lipinski definition) is 1. The number of benzene rings is 1. The number of hydrogen-bond acceptors (Lipinski definition) is 5. The number of rotatable bonds is 6. The Labute approximate surface area is 133 Å². The maximum atomic E-state index is 12.9. The van der Waals surface area contributed by atoms with Gasteiger partial charge in [0.15, 0.2) is 0 Å². The molecular weight excluding hydrogens is 297 g/mol. The van der Waals surface area contributed by atoms with Crippen molar-refractivity contribution >= 4 is 5.95 Å². The molecular formula is C16H16FN5O. The van der Waals surface area contributed by atoms with E-state index in [0.717, 1.165) is 12.1 Å². The lowest BCUT2D eigenvalue weighted by Gasteiger charge is -2.08. The van der Waals surface area contributed by atoms with E-state index < -0.39 is 0 Å². The molecule has 2 aromatic heterocycles. The van der Waals surface area contributed by atoms with Crippen molar-refractivity contribution in [3.8, 4) is 11.6 Å². The number of nitrogens with zero attached hydrogens (tertiary/aromatic N) is 4. The maximum Gasteiger partial charge on any atom is 0.225 e. The van der Waals surface area contributed by atoms with Crippen LogP contribution in [0.25, 0.3) is 0 Å². The van der Waals surface area contributed by atoms with Gasteiger partial charge in [-0.15, -0.1) is 0 Å². The molecule has 0 bridgehead atoms. The zero-order chi connectivity index (χ0) is 16.1. The summed E-state index contributed by atoms with van der Waals surface area (Å²) in [5.41, 5.74) is 1.12. The summed E-state index contributed by atoms with van der Waals surface area (Å²) in [5, 5.41) is 3.14. The molecule has 23 heavy (non-hydrogen) atoms. The average molecular weight is 313 g/mol. The van der Waals surface area contributed by atoms with Crippen LogP contribution in [-0.4, -0.2) is 26.1 Å². The lowest BCUT2D eigenvalue weighted by atomic mass is 10.3. The normalized spacial score (nSPS) is 10.5. The summed E-state index contributed by atoms with van der Waals surface area (Å²) in [6.45, 7) is 0.680. The Kier molecular flexibility index (Phi) is 4.46. The number of halogens is 1. The fourth-order valence-corrected chi connectivity index (χ4v) is 2.04. The third kappa shape index (κ3) is 4.03. The first-order valence-corrected chi connectivity index (χ1v) is 7.16. The van der Waals surface area contributed by atoms with Crippen molar-refractivity contribution < 1.29 is 9.13 Å². The van der Waals surface area contributed by atoms with E-state index in [1.165, 1.54) is 12.1 Å². The van der Waals surface area contributed by atoms with Crippen molar-refractivity contribution in [1.82, 2.24) is 19.5 Å². The summed E-state index contributed by atoms with van der Waals surface area (Å²) < 4.78 is 20.4. The molecule has 3 aromatic rings. The van der Waals surface area contributed by atoms with E-state index in [1.54, 1.807) is 30.7 Å². The minimum absolute atomic E-state index is 0.308. The smallest absolute Gasteiger partial charge is 0.225 e. The maximum absolute atomic E-state index is 12.9. The highest BCUT2D eigenvalue weighted by molar-refractivity contribution is 5.31. The predicted octanol–water partition coefficient (Wildman–Crippen LogP) is 2.80. The van der Waals surface area contributed by atoms with E-state index >= 15 is 0 Å². The molecule has 0 saturated carbocycles. The largest absolute Gasteiger partial charge is 0.439 e. The molecule has 0 amide bonds. The van der Waals surface area contributed by atoms with Crippen LogP contribution in [0.1, 0.15) is 5.69 Å². The monoisotopic (exact) mass is 313 g/mol. The molecule has 6 nitrogen and oxygen atoms in total. The summed E-state index contributed by atoms with van der Waals surface area (Å²) in [4.78, 5) is 12.5. The van der Waals surface area contributed by atoms with Crippen LogP contribution in [0.2, 0.25) is 0 Å². The Balaban J connectivity index is 1.58. The lowest BCUT2D eigenvalue weighted by Crippen LogP contribution is -2.09. The molecule has 0 aliphatic heterocycles. The van der Waals surface area contributed by atoms with Crippen molar-refractivity contribution in [1.29, 1.82) is 0 Å². The van der Waals surface area contributed by atoms with E-state index in [2.05, 4.69) is 20.3 Å². The van der Waals surface area contributed by atoms with Crippen molar-refractivity contribution in [3.05, 3.63) is 60.6 Å². The van der Waals surface area contributed by atoms with Gasteiger partial charge in [0.25, 0.3) is 0 Å². The summed E-state index contributed by atoms with van der Waals surface area (Å²) in [5.74, 6) is 1.09. The molecule has 1 N–H and O–H groups in total. The molecule has 3 rings (SSSR count). The SMILES string of the molecule is Cn1cncc1CCNc1nccc(Oc2ccc(F)cc2)n1. The Bertz CT molecular complexity index is 772. The zero-order valence-electron chi connectivity index (χ0n) is 12.6.